The van der Waals surface area contributed by atoms with Crippen LogP contribution in [0.15, 0.2) is 21.3 Å². The molecular weight excluding hydrogens is 335 g/mol. The first-order valence-corrected chi connectivity index (χ1v) is 7.52. The van der Waals surface area contributed by atoms with Gasteiger partial charge in [-0.25, -0.2) is 0 Å². The average molecular weight is 342 g/mol. The van der Waals surface area contributed by atoms with Crippen LogP contribution in [0.2, 0.25) is 5.02 Å². The molecule has 0 amide bonds. The summed E-state index contributed by atoms with van der Waals surface area (Å²) in [4.78, 5) is 2.25. The van der Waals surface area contributed by atoms with Crippen molar-refractivity contribution in [1.29, 1.82) is 0 Å². The monoisotopic (exact) mass is 340 g/mol. The van der Waals surface area contributed by atoms with Crippen LogP contribution in [-0.4, -0.2) is 0 Å². The molecule has 0 nitrogen and oxygen atoms in total. The van der Waals surface area contributed by atoms with E-state index in [9.17, 15) is 0 Å². The minimum atomic E-state index is -0.139. The summed E-state index contributed by atoms with van der Waals surface area (Å²) >= 11 is 19.2. The molecule has 0 fully saturated rings. The summed E-state index contributed by atoms with van der Waals surface area (Å²) in [6.45, 7) is 2.07. The fraction of sp³-hybridized carbons (Fsp3) is 0.200. The molecule has 0 saturated heterocycles. The SMILES string of the molecule is Cc1sc(Br)cc1C(Cl)c1sccc1Cl. The Morgan fingerprint density at radius 3 is 2.67 bits per heavy atom. The third kappa shape index (κ3) is 2.42. The van der Waals surface area contributed by atoms with Crippen LogP contribution in [0, 0.1) is 6.92 Å². The standard InChI is InChI=1S/C10H7BrCl2S2/c1-5-6(4-8(11)15-5)9(13)10-7(12)2-3-14-10/h2-4,9H,1H3. The average Bonchev–Trinajstić information content (AvgIpc) is 2.71. The van der Waals surface area contributed by atoms with Gasteiger partial charge >= 0.3 is 0 Å². The van der Waals surface area contributed by atoms with E-state index in [0.29, 0.717) is 0 Å². The van der Waals surface area contributed by atoms with E-state index >= 15 is 0 Å². The first kappa shape index (κ1) is 11.9. The van der Waals surface area contributed by atoms with Crippen molar-refractivity contribution in [3.05, 3.63) is 41.6 Å². The Morgan fingerprint density at radius 2 is 2.20 bits per heavy atom. The van der Waals surface area contributed by atoms with Crippen molar-refractivity contribution < 1.29 is 0 Å². The summed E-state index contributed by atoms with van der Waals surface area (Å²) in [6, 6.07) is 3.95. The Balaban J connectivity index is 2.40. The zero-order valence-corrected chi connectivity index (χ0v) is 12.5. The van der Waals surface area contributed by atoms with Gasteiger partial charge in [-0.15, -0.1) is 34.3 Å². The number of thiophene rings is 2. The summed E-state index contributed by atoms with van der Waals surface area (Å²) in [5.74, 6) is 0. The maximum Gasteiger partial charge on any atom is 0.0953 e. The van der Waals surface area contributed by atoms with E-state index in [1.807, 2.05) is 11.4 Å². The maximum absolute atomic E-state index is 6.41. The minimum Gasteiger partial charge on any atom is -0.145 e. The summed E-state index contributed by atoms with van der Waals surface area (Å²) in [6.07, 6.45) is 0. The number of alkyl halides is 1. The molecule has 0 radical (unpaired) electrons. The minimum absolute atomic E-state index is 0.139. The summed E-state index contributed by atoms with van der Waals surface area (Å²) < 4.78 is 1.10. The van der Waals surface area contributed by atoms with E-state index in [-0.39, 0.29) is 5.38 Å². The highest BCUT2D eigenvalue weighted by Gasteiger charge is 2.19. The summed E-state index contributed by atoms with van der Waals surface area (Å²) in [5.41, 5.74) is 1.14. The van der Waals surface area contributed by atoms with Crippen molar-refractivity contribution in [2.45, 2.75) is 12.3 Å². The van der Waals surface area contributed by atoms with Gasteiger partial charge in [0.15, 0.2) is 0 Å². The molecule has 0 aliphatic carbocycles. The quantitative estimate of drug-likeness (QED) is 0.600. The number of halogens is 3. The van der Waals surface area contributed by atoms with Gasteiger partial charge in [-0.3, -0.25) is 0 Å². The van der Waals surface area contributed by atoms with Gasteiger partial charge in [-0.1, -0.05) is 11.6 Å². The first-order chi connectivity index (χ1) is 7.09. The van der Waals surface area contributed by atoms with Crippen molar-refractivity contribution in [3.8, 4) is 0 Å². The molecule has 1 unspecified atom stereocenters. The normalized spacial score (nSPS) is 13.1. The molecule has 0 saturated carbocycles. The van der Waals surface area contributed by atoms with Gasteiger partial charge < -0.3 is 0 Å². The Hall–Kier alpha value is 0.460. The lowest BCUT2D eigenvalue weighted by molar-refractivity contribution is 1.18. The van der Waals surface area contributed by atoms with E-state index in [4.69, 9.17) is 23.2 Å². The number of hydrogen-bond donors (Lipinski definition) is 0. The van der Waals surface area contributed by atoms with Crippen LogP contribution >= 0.6 is 61.8 Å². The van der Waals surface area contributed by atoms with Crippen LogP contribution in [0.1, 0.15) is 20.7 Å². The fourth-order valence-corrected chi connectivity index (χ4v) is 4.86. The molecule has 0 aliphatic rings. The second-order valence-electron chi connectivity index (χ2n) is 3.06. The van der Waals surface area contributed by atoms with Crippen LogP contribution in [0.4, 0.5) is 0 Å². The molecule has 15 heavy (non-hydrogen) atoms. The van der Waals surface area contributed by atoms with Crippen LogP contribution < -0.4 is 0 Å². The topological polar surface area (TPSA) is 0 Å². The summed E-state index contributed by atoms with van der Waals surface area (Å²) in [5, 5.41) is 2.57. The molecule has 2 aromatic heterocycles. The van der Waals surface area contributed by atoms with Crippen molar-refractivity contribution in [1.82, 2.24) is 0 Å². The largest absolute Gasteiger partial charge is 0.145 e. The smallest absolute Gasteiger partial charge is 0.0953 e. The van der Waals surface area contributed by atoms with Gasteiger partial charge in [0.25, 0.3) is 0 Å². The highest BCUT2D eigenvalue weighted by molar-refractivity contribution is 9.11. The molecule has 0 aliphatic heterocycles. The Bertz CT molecular complexity index is 475. The zero-order valence-electron chi connectivity index (χ0n) is 7.76. The Kier molecular flexibility index (Phi) is 3.79. The van der Waals surface area contributed by atoms with Crippen LogP contribution in [0.25, 0.3) is 0 Å². The van der Waals surface area contributed by atoms with Gasteiger partial charge in [0.05, 0.1) is 14.2 Å². The number of aryl methyl sites for hydroxylation is 1. The third-order valence-electron chi connectivity index (χ3n) is 2.07. The molecule has 2 rings (SSSR count). The Labute approximate surface area is 115 Å². The van der Waals surface area contributed by atoms with Crippen LogP contribution in [0.3, 0.4) is 0 Å². The van der Waals surface area contributed by atoms with E-state index in [0.717, 1.165) is 19.2 Å². The van der Waals surface area contributed by atoms with E-state index in [1.54, 1.807) is 22.7 Å². The van der Waals surface area contributed by atoms with Crippen molar-refractivity contribution in [2.75, 3.05) is 0 Å². The molecule has 0 N–H and O–H groups in total. The molecular formula is C10H7BrCl2S2. The second-order valence-corrected chi connectivity index (χ2v) is 7.48. The molecule has 5 heteroatoms. The predicted molar refractivity (Wildman–Crippen MR) is 73.8 cm³/mol. The predicted octanol–water partition coefficient (Wildman–Crippen LogP) is 5.86. The van der Waals surface area contributed by atoms with Crippen LogP contribution in [0.5, 0.6) is 0 Å². The molecule has 2 aromatic rings. The van der Waals surface area contributed by atoms with Gasteiger partial charge in [-0.05, 0) is 45.9 Å². The molecule has 0 spiro atoms. The fourth-order valence-electron chi connectivity index (χ4n) is 1.34. The van der Waals surface area contributed by atoms with E-state index in [1.165, 1.54) is 4.88 Å². The lowest BCUT2D eigenvalue weighted by Crippen LogP contribution is -1.90. The number of hydrogen-bond acceptors (Lipinski definition) is 2. The molecule has 80 valence electrons. The maximum atomic E-state index is 6.41. The lowest BCUT2D eigenvalue weighted by Gasteiger charge is -2.07. The van der Waals surface area contributed by atoms with Gasteiger partial charge in [0.1, 0.15) is 0 Å². The zero-order chi connectivity index (χ0) is 11.0. The first-order valence-electron chi connectivity index (χ1n) is 4.22. The number of rotatable bonds is 2. The molecule has 0 aromatic carbocycles. The highest BCUT2D eigenvalue weighted by atomic mass is 79.9. The van der Waals surface area contributed by atoms with Crippen molar-refractivity contribution in [3.63, 3.8) is 0 Å². The second kappa shape index (κ2) is 4.76. The highest BCUT2D eigenvalue weighted by Crippen LogP contribution is 2.41. The van der Waals surface area contributed by atoms with Gasteiger partial charge in [0.2, 0.25) is 0 Å². The van der Waals surface area contributed by atoms with E-state index < -0.39 is 0 Å². The van der Waals surface area contributed by atoms with Crippen LogP contribution in [-0.2, 0) is 0 Å². The molecule has 1 atom stereocenters. The van der Waals surface area contributed by atoms with Crippen molar-refractivity contribution in [2.24, 2.45) is 0 Å². The van der Waals surface area contributed by atoms with Crippen molar-refractivity contribution >= 4 is 61.8 Å². The van der Waals surface area contributed by atoms with Gasteiger partial charge in [0, 0.05) is 9.75 Å². The van der Waals surface area contributed by atoms with Gasteiger partial charge in [-0.2, -0.15) is 0 Å². The van der Waals surface area contributed by atoms with E-state index in [2.05, 4.69) is 28.9 Å². The lowest BCUT2D eigenvalue weighted by atomic mass is 10.1. The summed E-state index contributed by atoms with van der Waals surface area (Å²) in [7, 11) is 0. The molecule has 0 bridgehead atoms. The third-order valence-corrected chi connectivity index (χ3v) is 5.65. The Morgan fingerprint density at radius 1 is 1.47 bits per heavy atom. The molecule has 2 heterocycles.